The SMILES string of the molecule is C=Cc1c([B]OC(C)(C)C(C)(C)O)c[nH]c1NC. The van der Waals surface area contributed by atoms with Gasteiger partial charge in [-0.2, -0.15) is 0 Å². The van der Waals surface area contributed by atoms with Crippen LogP contribution in [0.25, 0.3) is 6.08 Å². The van der Waals surface area contributed by atoms with E-state index in [9.17, 15) is 5.11 Å². The molecule has 0 bridgehead atoms. The Hall–Kier alpha value is -1.20. The van der Waals surface area contributed by atoms with Gasteiger partial charge in [-0.1, -0.05) is 12.7 Å². The third-order valence-corrected chi connectivity index (χ3v) is 3.36. The molecule has 0 saturated heterocycles. The van der Waals surface area contributed by atoms with Crippen LogP contribution >= 0.6 is 0 Å². The summed E-state index contributed by atoms with van der Waals surface area (Å²) in [5, 5.41) is 13.1. The molecule has 0 aliphatic heterocycles. The maximum atomic E-state index is 10.0. The van der Waals surface area contributed by atoms with Crippen LogP contribution in [0.15, 0.2) is 12.8 Å². The molecule has 1 heterocycles. The highest BCUT2D eigenvalue weighted by Gasteiger charge is 2.36. The molecule has 0 aliphatic rings. The minimum absolute atomic E-state index is 0.678. The van der Waals surface area contributed by atoms with Crippen LogP contribution in [0.2, 0.25) is 0 Å². The van der Waals surface area contributed by atoms with Gasteiger partial charge in [0.05, 0.1) is 11.2 Å². The Kier molecular flexibility index (Phi) is 4.30. The molecule has 5 heteroatoms. The van der Waals surface area contributed by atoms with Gasteiger partial charge in [-0.15, -0.1) is 0 Å². The molecule has 18 heavy (non-hydrogen) atoms. The van der Waals surface area contributed by atoms with Crippen LogP contribution in [-0.4, -0.2) is 35.8 Å². The zero-order valence-electron chi connectivity index (χ0n) is 11.8. The van der Waals surface area contributed by atoms with Crippen molar-refractivity contribution >= 4 is 24.8 Å². The predicted octanol–water partition coefficient (Wildman–Crippen LogP) is 1.51. The van der Waals surface area contributed by atoms with E-state index in [-0.39, 0.29) is 0 Å². The predicted molar refractivity (Wildman–Crippen MR) is 77.3 cm³/mol. The van der Waals surface area contributed by atoms with Crippen molar-refractivity contribution in [2.24, 2.45) is 0 Å². The van der Waals surface area contributed by atoms with E-state index in [4.69, 9.17) is 4.65 Å². The first-order valence-corrected chi connectivity index (χ1v) is 5.98. The van der Waals surface area contributed by atoms with Crippen molar-refractivity contribution in [1.82, 2.24) is 4.98 Å². The van der Waals surface area contributed by atoms with E-state index >= 15 is 0 Å². The number of rotatable bonds is 6. The number of aromatic nitrogens is 1. The summed E-state index contributed by atoms with van der Waals surface area (Å²) in [5.74, 6) is 0.890. The molecule has 1 aromatic rings. The van der Waals surface area contributed by atoms with Crippen molar-refractivity contribution in [3.63, 3.8) is 0 Å². The number of H-pyrrole nitrogens is 1. The molecular formula is C13H22BN2O2. The first-order valence-electron chi connectivity index (χ1n) is 5.98. The lowest BCUT2D eigenvalue weighted by Gasteiger charge is -2.37. The molecule has 1 rings (SSSR count). The highest BCUT2D eigenvalue weighted by atomic mass is 16.5. The second kappa shape index (κ2) is 5.20. The summed E-state index contributed by atoms with van der Waals surface area (Å²) >= 11 is 0. The number of hydrogen-bond donors (Lipinski definition) is 3. The van der Waals surface area contributed by atoms with Gasteiger partial charge in [0.2, 0.25) is 0 Å². The van der Waals surface area contributed by atoms with Gasteiger partial charge in [0.25, 0.3) is 0 Å². The fourth-order valence-electron chi connectivity index (χ4n) is 1.33. The summed E-state index contributed by atoms with van der Waals surface area (Å²) in [6, 6.07) is 0. The van der Waals surface area contributed by atoms with Gasteiger partial charge in [-0.05, 0) is 39.4 Å². The summed E-state index contributed by atoms with van der Waals surface area (Å²) in [4.78, 5) is 3.09. The van der Waals surface area contributed by atoms with E-state index < -0.39 is 11.2 Å². The Labute approximate surface area is 110 Å². The largest absolute Gasteiger partial charge is 0.427 e. The fraction of sp³-hybridized carbons (Fsp3) is 0.538. The third kappa shape index (κ3) is 2.97. The minimum atomic E-state index is -0.931. The van der Waals surface area contributed by atoms with Crippen LogP contribution in [0, 0.1) is 0 Å². The van der Waals surface area contributed by atoms with Gasteiger partial charge in [-0.3, -0.25) is 0 Å². The molecule has 0 unspecified atom stereocenters. The van der Waals surface area contributed by atoms with Gasteiger partial charge < -0.3 is 20.1 Å². The van der Waals surface area contributed by atoms with Gasteiger partial charge in [0, 0.05) is 12.6 Å². The summed E-state index contributed by atoms with van der Waals surface area (Å²) in [5.41, 5.74) is 0.235. The first kappa shape index (κ1) is 14.9. The van der Waals surface area contributed by atoms with E-state index in [2.05, 4.69) is 16.9 Å². The van der Waals surface area contributed by atoms with E-state index in [0.717, 1.165) is 16.8 Å². The maximum Gasteiger partial charge on any atom is 0.333 e. The van der Waals surface area contributed by atoms with E-state index in [1.54, 1.807) is 27.4 Å². The standard InChI is InChI=1S/C13H22BN2O2/c1-7-9-10(8-16-11(9)15-6)14-18-13(4,5)12(2,3)17/h7-8,15-17H,1H2,2-6H3. The van der Waals surface area contributed by atoms with Gasteiger partial charge in [-0.25, -0.2) is 0 Å². The van der Waals surface area contributed by atoms with Crippen molar-refractivity contribution in [2.45, 2.75) is 38.9 Å². The highest BCUT2D eigenvalue weighted by molar-refractivity contribution is 6.48. The lowest BCUT2D eigenvalue weighted by Crippen LogP contribution is -2.49. The van der Waals surface area contributed by atoms with Crippen LogP contribution in [0.5, 0.6) is 0 Å². The lowest BCUT2D eigenvalue weighted by atomic mass is 9.82. The van der Waals surface area contributed by atoms with Gasteiger partial charge in [0.15, 0.2) is 0 Å². The fourth-order valence-corrected chi connectivity index (χ4v) is 1.33. The van der Waals surface area contributed by atoms with Crippen molar-refractivity contribution in [3.05, 3.63) is 18.3 Å². The average Bonchev–Trinajstić information content (AvgIpc) is 2.66. The lowest BCUT2D eigenvalue weighted by molar-refractivity contribution is -0.0893. The van der Waals surface area contributed by atoms with E-state index in [1.165, 1.54) is 0 Å². The molecule has 99 valence electrons. The maximum absolute atomic E-state index is 10.0. The Morgan fingerprint density at radius 1 is 1.44 bits per heavy atom. The monoisotopic (exact) mass is 249 g/mol. The molecular weight excluding hydrogens is 227 g/mol. The Bertz CT molecular complexity index is 419. The third-order valence-electron chi connectivity index (χ3n) is 3.36. The Morgan fingerprint density at radius 2 is 2.06 bits per heavy atom. The number of aromatic amines is 1. The van der Waals surface area contributed by atoms with Crippen molar-refractivity contribution in [2.75, 3.05) is 12.4 Å². The molecule has 0 aliphatic carbocycles. The molecule has 0 saturated carbocycles. The average molecular weight is 249 g/mol. The van der Waals surface area contributed by atoms with E-state index in [1.807, 2.05) is 27.1 Å². The number of aliphatic hydroxyl groups is 1. The number of nitrogens with one attached hydrogen (secondary N) is 2. The number of anilines is 1. The zero-order valence-corrected chi connectivity index (χ0v) is 11.8. The molecule has 0 amide bonds. The molecule has 1 radical (unpaired) electrons. The zero-order chi connectivity index (χ0) is 14.0. The van der Waals surface area contributed by atoms with Crippen molar-refractivity contribution < 1.29 is 9.76 Å². The van der Waals surface area contributed by atoms with Crippen LogP contribution in [0.3, 0.4) is 0 Å². The summed E-state index contributed by atoms with van der Waals surface area (Å²) < 4.78 is 5.71. The topological polar surface area (TPSA) is 57.3 Å². The molecule has 3 N–H and O–H groups in total. The first-order chi connectivity index (χ1) is 8.23. The second-order valence-corrected chi connectivity index (χ2v) is 5.29. The number of hydrogen-bond acceptors (Lipinski definition) is 3. The minimum Gasteiger partial charge on any atom is -0.427 e. The van der Waals surface area contributed by atoms with Gasteiger partial charge in [0.1, 0.15) is 5.82 Å². The summed E-state index contributed by atoms with van der Waals surface area (Å²) in [7, 11) is 3.48. The second-order valence-electron chi connectivity index (χ2n) is 5.29. The van der Waals surface area contributed by atoms with E-state index in [0.29, 0.717) is 0 Å². The van der Waals surface area contributed by atoms with Crippen molar-refractivity contribution in [3.8, 4) is 0 Å². The van der Waals surface area contributed by atoms with Crippen LogP contribution in [0.1, 0.15) is 33.3 Å². The molecule has 0 fully saturated rings. The molecule has 1 aromatic heterocycles. The normalized spacial score (nSPS) is 12.3. The molecule has 4 nitrogen and oxygen atoms in total. The van der Waals surface area contributed by atoms with Crippen molar-refractivity contribution in [1.29, 1.82) is 0 Å². The van der Waals surface area contributed by atoms with Gasteiger partial charge >= 0.3 is 7.48 Å². The molecule has 0 spiro atoms. The van der Waals surface area contributed by atoms with Crippen LogP contribution in [0.4, 0.5) is 5.82 Å². The highest BCUT2D eigenvalue weighted by Crippen LogP contribution is 2.24. The van der Waals surface area contributed by atoms with Crippen LogP contribution in [-0.2, 0) is 4.65 Å². The Balaban J connectivity index is 2.81. The quantitative estimate of drug-likeness (QED) is 0.670. The molecule has 0 aromatic carbocycles. The van der Waals surface area contributed by atoms with Crippen LogP contribution < -0.4 is 10.8 Å². The molecule has 0 atom stereocenters. The smallest absolute Gasteiger partial charge is 0.333 e. The summed E-state index contributed by atoms with van der Waals surface area (Å²) in [6.45, 7) is 10.9. The summed E-state index contributed by atoms with van der Waals surface area (Å²) in [6.07, 6.45) is 3.60. The Morgan fingerprint density at radius 3 is 2.50 bits per heavy atom.